The molecule has 0 spiro atoms. The van der Waals surface area contributed by atoms with Gasteiger partial charge in [0.05, 0.1) is 4.92 Å². The minimum absolute atomic E-state index is 0. The molecule has 1 heterocycles. The predicted octanol–water partition coefficient (Wildman–Crippen LogP) is 2.64. The molecular formula is C6H6ClF3N2O2S. The van der Waals surface area contributed by atoms with Crippen molar-refractivity contribution in [3.8, 4) is 0 Å². The van der Waals surface area contributed by atoms with Gasteiger partial charge in [-0.15, -0.1) is 12.4 Å². The molecule has 0 aliphatic heterocycles. The van der Waals surface area contributed by atoms with Crippen LogP contribution in [0.4, 0.5) is 18.2 Å². The maximum atomic E-state index is 12.1. The van der Waals surface area contributed by atoms with Crippen molar-refractivity contribution in [3.63, 3.8) is 0 Å². The summed E-state index contributed by atoms with van der Waals surface area (Å²) in [6.45, 7) is 0. The minimum Gasteiger partial charge on any atom is -0.316 e. The van der Waals surface area contributed by atoms with Crippen molar-refractivity contribution in [1.82, 2.24) is 0 Å². The highest BCUT2D eigenvalue weighted by molar-refractivity contribution is 7.13. The molecule has 15 heavy (non-hydrogen) atoms. The second kappa shape index (κ2) is 4.77. The summed E-state index contributed by atoms with van der Waals surface area (Å²) in [6.07, 6.45) is -4.57. The van der Waals surface area contributed by atoms with E-state index < -0.39 is 17.1 Å². The van der Waals surface area contributed by atoms with Crippen LogP contribution in [0.1, 0.15) is 11.6 Å². The van der Waals surface area contributed by atoms with Gasteiger partial charge in [-0.05, 0) is 5.56 Å². The number of nitro groups is 1. The highest BCUT2D eigenvalue weighted by Gasteiger charge is 2.38. The lowest BCUT2D eigenvalue weighted by atomic mass is 10.1. The van der Waals surface area contributed by atoms with Crippen molar-refractivity contribution in [2.75, 3.05) is 0 Å². The van der Waals surface area contributed by atoms with Crippen molar-refractivity contribution in [2.45, 2.75) is 12.2 Å². The first-order chi connectivity index (χ1) is 6.32. The molecule has 9 heteroatoms. The van der Waals surface area contributed by atoms with Gasteiger partial charge in [-0.3, -0.25) is 10.1 Å². The first kappa shape index (κ1) is 14.1. The van der Waals surface area contributed by atoms with Crippen LogP contribution in [0.15, 0.2) is 11.4 Å². The molecule has 0 saturated heterocycles. The molecular weight excluding hydrogens is 257 g/mol. The first-order valence-corrected chi connectivity index (χ1v) is 4.25. The topological polar surface area (TPSA) is 69.2 Å². The van der Waals surface area contributed by atoms with Crippen LogP contribution < -0.4 is 5.73 Å². The van der Waals surface area contributed by atoms with Crippen molar-refractivity contribution >= 4 is 28.7 Å². The van der Waals surface area contributed by atoms with E-state index in [4.69, 9.17) is 5.73 Å². The maximum absolute atomic E-state index is 12.1. The van der Waals surface area contributed by atoms with Crippen molar-refractivity contribution < 1.29 is 18.1 Å². The second-order valence-electron chi connectivity index (χ2n) is 2.49. The Balaban J connectivity index is 0.00000196. The Morgan fingerprint density at radius 3 is 2.40 bits per heavy atom. The lowest BCUT2D eigenvalue weighted by Gasteiger charge is -2.13. The number of hydrogen-bond donors (Lipinski definition) is 1. The number of nitrogens with zero attached hydrogens (tertiary/aromatic N) is 1. The number of nitrogens with two attached hydrogens (primary N) is 1. The molecule has 1 aromatic heterocycles. The Hall–Kier alpha value is -0.860. The fourth-order valence-electron chi connectivity index (χ4n) is 0.787. The van der Waals surface area contributed by atoms with Gasteiger partial charge in [-0.2, -0.15) is 13.2 Å². The SMILES string of the molecule is Cl.N[C@H](c1csc([N+](=O)[O-])c1)C(F)(F)F. The number of halogens is 4. The monoisotopic (exact) mass is 262 g/mol. The summed E-state index contributed by atoms with van der Waals surface area (Å²) in [7, 11) is 0. The maximum Gasteiger partial charge on any atom is 0.407 e. The summed E-state index contributed by atoms with van der Waals surface area (Å²) in [5.74, 6) is 0. The highest BCUT2D eigenvalue weighted by Crippen LogP contribution is 2.34. The van der Waals surface area contributed by atoms with Crippen molar-refractivity contribution in [3.05, 3.63) is 27.1 Å². The molecule has 0 radical (unpaired) electrons. The summed E-state index contributed by atoms with van der Waals surface area (Å²) in [6, 6.07) is -1.32. The molecule has 0 saturated carbocycles. The molecule has 2 N–H and O–H groups in total. The Morgan fingerprint density at radius 1 is 1.53 bits per heavy atom. The molecule has 4 nitrogen and oxygen atoms in total. The van der Waals surface area contributed by atoms with Gasteiger partial charge in [0.1, 0.15) is 6.04 Å². The minimum atomic E-state index is -4.57. The molecule has 0 fully saturated rings. The molecule has 86 valence electrons. The average molecular weight is 263 g/mol. The van der Waals surface area contributed by atoms with Gasteiger partial charge >= 0.3 is 11.2 Å². The van der Waals surface area contributed by atoms with Gasteiger partial charge < -0.3 is 5.73 Å². The van der Waals surface area contributed by atoms with E-state index in [1.807, 2.05) is 0 Å². The Kier molecular flexibility index (Phi) is 4.50. The van der Waals surface area contributed by atoms with E-state index in [0.717, 1.165) is 11.4 Å². The Bertz CT molecular complexity index is 354. The first-order valence-electron chi connectivity index (χ1n) is 3.37. The molecule has 1 rings (SSSR count). The molecule has 0 aromatic carbocycles. The molecule has 0 unspecified atom stereocenters. The molecule has 1 aromatic rings. The third kappa shape index (κ3) is 3.33. The third-order valence-corrected chi connectivity index (χ3v) is 2.40. The van der Waals surface area contributed by atoms with E-state index in [1.165, 1.54) is 0 Å². The summed E-state index contributed by atoms with van der Waals surface area (Å²) < 4.78 is 36.2. The van der Waals surface area contributed by atoms with Crippen LogP contribution in [0.25, 0.3) is 0 Å². The van der Waals surface area contributed by atoms with E-state index in [0.29, 0.717) is 11.3 Å². The number of thiophene rings is 1. The zero-order valence-electron chi connectivity index (χ0n) is 7.02. The van der Waals surface area contributed by atoms with E-state index >= 15 is 0 Å². The van der Waals surface area contributed by atoms with Crippen LogP contribution in [-0.2, 0) is 0 Å². The van der Waals surface area contributed by atoms with E-state index in [-0.39, 0.29) is 23.0 Å². The third-order valence-electron chi connectivity index (χ3n) is 1.50. The van der Waals surface area contributed by atoms with Crippen molar-refractivity contribution in [1.29, 1.82) is 0 Å². The largest absolute Gasteiger partial charge is 0.407 e. The molecule has 0 bridgehead atoms. The lowest BCUT2D eigenvalue weighted by molar-refractivity contribution is -0.380. The molecule has 1 atom stereocenters. The average Bonchev–Trinajstić information content (AvgIpc) is 2.48. The standard InChI is InChI=1S/C6H5F3N2O2S.ClH/c7-6(8,9)5(10)3-1-4(11(12)13)14-2-3;/h1-2,5H,10H2;1H/t5-;/m1./s1. The molecule has 0 aliphatic rings. The van der Waals surface area contributed by atoms with Crippen LogP contribution in [0.5, 0.6) is 0 Å². The quantitative estimate of drug-likeness (QED) is 0.658. The molecule has 0 amide bonds. The van der Waals surface area contributed by atoms with Gasteiger partial charge in [-0.1, -0.05) is 11.3 Å². The van der Waals surface area contributed by atoms with Crippen LogP contribution in [0, 0.1) is 10.1 Å². The van der Waals surface area contributed by atoms with Crippen LogP contribution >= 0.6 is 23.7 Å². The fourth-order valence-corrected chi connectivity index (χ4v) is 1.55. The number of hydrogen-bond acceptors (Lipinski definition) is 4. The number of rotatable bonds is 2. The van der Waals surface area contributed by atoms with Crippen LogP contribution in [0.2, 0.25) is 0 Å². The smallest absolute Gasteiger partial charge is 0.316 e. The molecule has 0 aliphatic carbocycles. The van der Waals surface area contributed by atoms with Gasteiger partial charge in [0, 0.05) is 11.4 Å². The van der Waals surface area contributed by atoms with Gasteiger partial charge in [0.25, 0.3) is 0 Å². The van der Waals surface area contributed by atoms with Crippen LogP contribution in [-0.4, -0.2) is 11.1 Å². The number of alkyl halides is 3. The normalized spacial score (nSPS) is 13.1. The zero-order valence-corrected chi connectivity index (χ0v) is 8.66. The van der Waals surface area contributed by atoms with Gasteiger partial charge in [0.15, 0.2) is 0 Å². The predicted molar refractivity (Wildman–Crippen MR) is 51.2 cm³/mol. The Labute approximate surface area is 92.4 Å². The van der Waals surface area contributed by atoms with Crippen LogP contribution in [0.3, 0.4) is 0 Å². The van der Waals surface area contributed by atoms with Crippen molar-refractivity contribution in [2.24, 2.45) is 5.73 Å². The summed E-state index contributed by atoms with van der Waals surface area (Å²) >= 11 is 0.623. The highest BCUT2D eigenvalue weighted by atomic mass is 35.5. The van der Waals surface area contributed by atoms with Gasteiger partial charge in [0.2, 0.25) is 0 Å². The van der Waals surface area contributed by atoms with E-state index in [2.05, 4.69) is 0 Å². The Morgan fingerprint density at radius 2 is 2.07 bits per heavy atom. The van der Waals surface area contributed by atoms with Gasteiger partial charge in [-0.25, -0.2) is 0 Å². The summed E-state index contributed by atoms with van der Waals surface area (Å²) in [4.78, 5) is 9.43. The zero-order chi connectivity index (χ0) is 10.9. The second-order valence-corrected chi connectivity index (χ2v) is 3.38. The summed E-state index contributed by atoms with van der Waals surface area (Å²) in [5, 5.41) is 10.9. The summed E-state index contributed by atoms with van der Waals surface area (Å²) in [5.41, 5.74) is 4.56. The lowest BCUT2D eigenvalue weighted by Crippen LogP contribution is -2.27. The van der Waals surface area contributed by atoms with E-state index in [1.54, 1.807) is 0 Å². The fraction of sp³-hybridized carbons (Fsp3) is 0.333. The van der Waals surface area contributed by atoms with E-state index in [9.17, 15) is 23.3 Å².